The molecule has 1 atom stereocenters. The van der Waals surface area contributed by atoms with Crippen molar-refractivity contribution < 1.29 is 9.32 Å². The predicted molar refractivity (Wildman–Crippen MR) is 108 cm³/mol. The number of aromatic nitrogens is 6. The van der Waals surface area contributed by atoms with Crippen LogP contribution in [0, 0.1) is 5.92 Å². The van der Waals surface area contributed by atoms with Gasteiger partial charge in [0.25, 0.3) is 0 Å². The molecule has 152 valence electrons. The van der Waals surface area contributed by atoms with Crippen molar-refractivity contribution in [2.45, 2.75) is 19.4 Å². The van der Waals surface area contributed by atoms with Gasteiger partial charge in [0.15, 0.2) is 11.5 Å². The Morgan fingerprint density at radius 3 is 3.03 bits per heavy atom. The number of H-pyrrole nitrogens is 1. The molecule has 4 heterocycles. The van der Waals surface area contributed by atoms with Gasteiger partial charge in [-0.1, -0.05) is 35.5 Å². The predicted octanol–water partition coefficient (Wildman–Crippen LogP) is 1.94. The van der Waals surface area contributed by atoms with Crippen LogP contribution in [0.15, 0.2) is 47.5 Å². The van der Waals surface area contributed by atoms with Crippen molar-refractivity contribution in [1.29, 1.82) is 0 Å². The van der Waals surface area contributed by atoms with Gasteiger partial charge in [0.1, 0.15) is 11.8 Å². The Kier molecular flexibility index (Phi) is 4.80. The van der Waals surface area contributed by atoms with E-state index in [1.807, 2.05) is 30.3 Å². The third-order valence-electron chi connectivity index (χ3n) is 5.21. The Hall–Kier alpha value is -3.82. The lowest BCUT2D eigenvalue weighted by molar-refractivity contribution is -0.125. The van der Waals surface area contributed by atoms with Gasteiger partial charge < -0.3 is 19.7 Å². The molecular weight excluding hydrogens is 384 g/mol. The summed E-state index contributed by atoms with van der Waals surface area (Å²) in [5.74, 6) is 1.48. The summed E-state index contributed by atoms with van der Waals surface area (Å²) in [6.45, 7) is 1.61. The van der Waals surface area contributed by atoms with E-state index in [0.29, 0.717) is 23.9 Å². The third-order valence-corrected chi connectivity index (χ3v) is 5.21. The summed E-state index contributed by atoms with van der Waals surface area (Å²) in [6, 6.07) is 9.57. The fourth-order valence-corrected chi connectivity index (χ4v) is 3.71. The van der Waals surface area contributed by atoms with Crippen LogP contribution in [0.4, 0.5) is 5.82 Å². The zero-order valence-corrected chi connectivity index (χ0v) is 16.2. The molecule has 5 rings (SSSR count). The molecule has 1 amide bonds. The molecule has 10 nitrogen and oxygen atoms in total. The molecule has 0 saturated carbocycles. The van der Waals surface area contributed by atoms with E-state index in [9.17, 15) is 4.79 Å². The highest BCUT2D eigenvalue weighted by Gasteiger charge is 2.28. The maximum Gasteiger partial charge on any atom is 0.246 e. The van der Waals surface area contributed by atoms with Crippen molar-refractivity contribution >= 4 is 22.9 Å². The number of benzene rings is 1. The fourth-order valence-electron chi connectivity index (χ4n) is 3.71. The highest BCUT2D eigenvalue weighted by molar-refractivity contribution is 5.84. The maximum atomic E-state index is 12.8. The number of hydrogen-bond donors (Lipinski definition) is 2. The van der Waals surface area contributed by atoms with Crippen LogP contribution in [-0.2, 0) is 11.3 Å². The van der Waals surface area contributed by atoms with Gasteiger partial charge >= 0.3 is 0 Å². The zero-order chi connectivity index (χ0) is 20.3. The lowest BCUT2D eigenvalue weighted by atomic mass is 9.97. The lowest BCUT2D eigenvalue weighted by Crippen LogP contribution is -2.43. The van der Waals surface area contributed by atoms with E-state index in [1.54, 1.807) is 6.33 Å². The van der Waals surface area contributed by atoms with Gasteiger partial charge in [0.05, 0.1) is 18.8 Å². The quantitative estimate of drug-likeness (QED) is 0.517. The molecule has 0 bridgehead atoms. The minimum absolute atomic E-state index is 0.0333. The van der Waals surface area contributed by atoms with E-state index in [1.165, 1.54) is 6.33 Å². The Morgan fingerprint density at radius 1 is 1.23 bits per heavy atom. The molecule has 2 N–H and O–H groups in total. The van der Waals surface area contributed by atoms with Crippen LogP contribution in [0.1, 0.15) is 18.7 Å². The highest BCUT2D eigenvalue weighted by atomic mass is 16.5. The number of nitrogens with zero attached hydrogens (tertiary/aromatic N) is 6. The van der Waals surface area contributed by atoms with E-state index in [2.05, 4.69) is 40.3 Å². The monoisotopic (exact) mass is 404 g/mol. The summed E-state index contributed by atoms with van der Waals surface area (Å²) >= 11 is 0. The van der Waals surface area contributed by atoms with E-state index < -0.39 is 0 Å². The summed E-state index contributed by atoms with van der Waals surface area (Å²) in [5.41, 5.74) is 2.28. The average Bonchev–Trinajstić information content (AvgIpc) is 3.47. The van der Waals surface area contributed by atoms with Crippen molar-refractivity contribution in [2.24, 2.45) is 5.92 Å². The summed E-state index contributed by atoms with van der Waals surface area (Å²) < 4.78 is 5.27. The minimum Gasteiger partial charge on any atom is -0.354 e. The molecule has 0 aliphatic carbocycles. The zero-order valence-electron chi connectivity index (χ0n) is 16.2. The molecule has 1 aliphatic heterocycles. The van der Waals surface area contributed by atoms with Crippen LogP contribution in [0.2, 0.25) is 0 Å². The molecule has 0 radical (unpaired) electrons. The number of fused-ring (bicyclic) bond motifs is 1. The molecule has 4 aromatic rings. The Bertz CT molecular complexity index is 1160. The van der Waals surface area contributed by atoms with Crippen LogP contribution in [0.5, 0.6) is 0 Å². The molecule has 1 aromatic carbocycles. The van der Waals surface area contributed by atoms with Crippen LogP contribution >= 0.6 is 0 Å². The second-order valence-electron chi connectivity index (χ2n) is 7.18. The van der Waals surface area contributed by atoms with Gasteiger partial charge in [-0.15, -0.1) is 0 Å². The topological polar surface area (TPSA) is 126 Å². The lowest BCUT2D eigenvalue weighted by Gasteiger charge is -2.32. The standard InChI is InChI=1S/C20H20N8O2/c29-20(21-9-15-26-17(27-30-15)13-5-2-1-3-6-13)14-7-4-8-28(10-14)19-16-18(23-11-22-16)24-12-25-19/h1-3,5-6,11-12,14H,4,7-10H2,(H,21,29)(H,22,23,24,25)/t14-/m0/s1. The molecule has 1 fully saturated rings. The number of imidazole rings is 1. The molecule has 1 aliphatic rings. The van der Waals surface area contributed by atoms with Crippen LogP contribution in [0.3, 0.4) is 0 Å². The van der Waals surface area contributed by atoms with Crippen molar-refractivity contribution in [1.82, 2.24) is 35.4 Å². The number of amides is 1. The summed E-state index contributed by atoms with van der Waals surface area (Å²) in [6.07, 6.45) is 4.82. The first-order valence-corrected chi connectivity index (χ1v) is 9.82. The average molecular weight is 404 g/mol. The van der Waals surface area contributed by atoms with Crippen molar-refractivity contribution in [3.05, 3.63) is 48.9 Å². The SMILES string of the molecule is O=C(NCc1nc(-c2ccccc2)no1)[C@H]1CCCN(c2ncnc3nc[nH]c23)C1. The van der Waals surface area contributed by atoms with Gasteiger partial charge in [-0.25, -0.2) is 15.0 Å². The molecule has 0 spiro atoms. The Morgan fingerprint density at radius 2 is 2.13 bits per heavy atom. The molecule has 1 saturated heterocycles. The number of nitrogens with one attached hydrogen (secondary N) is 2. The highest BCUT2D eigenvalue weighted by Crippen LogP contribution is 2.26. The number of anilines is 1. The molecule has 30 heavy (non-hydrogen) atoms. The van der Waals surface area contributed by atoms with Crippen LogP contribution in [-0.4, -0.2) is 49.1 Å². The Labute approximate surface area is 171 Å². The van der Waals surface area contributed by atoms with E-state index in [4.69, 9.17) is 4.52 Å². The number of carbonyl (C=O) groups excluding carboxylic acids is 1. The molecule has 10 heteroatoms. The summed E-state index contributed by atoms with van der Waals surface area (Å²) in [5, 5.41) is 6.91. The second-order valence-corrected chi connectivity index (χ2v) is 7.18. The summed E-state index contributed by atoms with van der Waals surface area (Å²) in [4.78, 5) is 35.0. The first-order valence-electron chi connectivity index (χ1n) is 9.82. The third kappa shape index (κ3) is 3.59. The van der Waals surface area contributed by atoms with E-state index >= 15 is 0 Å². The normalized spacial score (nSPS) is 16.7. The molecule has 0 unspecified atom stereocenters. The van der Waals surface area contributed by atoms with Gasteiger partial charge in [-0.05, 0) is 12.8 Å². The minimum atomic E-state index is -0.150. The summed E-state index contributed by atoms with van der Waals surface area (Å²) in [7, 11) is 0. The van der Waals surface area contributed by atoms with Crippen LogP contribution in [0.25, 0.3) is 22.6 Å². The number of aromatic amines is 1. The first-order chi connectivity index (χ1) is 14.8. The second kappa shape index (κ2) is 7.90. The van der Waals surface area contributed by atoms with Crippen molar-refractivity contribution in [3.63, 3.8) is 0 Å². The largest absolute Gasteiger partial charge is 0.354 e. The van der Waals surface area contributed by atoms with Crippen LogP contribution < -0.4 is 10.2 Å². The Balaban J connectivity index is 1.22. The van der Waals surface area contributed by atoms with Gasteiger partial charge in [0.2, 0.25) is 17.6 Å². The van der Waals surface area contributed by atoms with Crippen molar-refractivity contribution in [3.8, 4) is 11.4 Å². The van der Waals surface area contributed by atoms with E-state index in [-0.39, 0.29) is 18.4 Å². The smallest absolute Gasteiger partial charge is 0.246 e. The van der Waals surface area contributed by atoms with Gasteiger partial charge in [-0.2, -0.15) is 4.98 Å². The van der Waals surface area contributed by atoms with Gasteiger partial charge in [-0.3, -0.25) is 4.79 Å². The number of hydrogen-bond acceptors (Lipinski definition) is 8. The van der Waals surface area contributed by atoms with E-state index in [0.717, 1.165) is 36.3 Å². The van der Waals surface area contributed by atoms with Gasteiger partial charge in [0, 0.05) is 18.7 Å². The van der Waals surface area contributed by atoms with Crippen molar-refractivity contribution in [2.75, 3.05) is 18.0 Å². The maximum absolute atomic E-state index is 12.8. The molecule has 3 aromatic heterocycles. The number of rotatable bonds is 5. The molecular formula is C20H20N8O2. The number of carbonyl (C=O) groups is 1. The number of piperidine rings is 1. The fraction of sp³-hybridized carbons (Fsp3) is 0.300. The first kappa shape index (κ1) is 18.2.